The lowest BCUT2D eigenvalue weighted by atomic mass is 10.0. The summed E-state index contributed by atoms with van der Waals surface area (Å²) in [6.45, 7) is 8.39. The second-order valence-corrected chi connectivity index (χ2v) is 4.16. The molecule has 0 fully saturated rings. The van der Waals surface area contributed by atoms with Gasteiger partial charge in [-0.05, 0) is 20.8 Å². The lowest BCUT2D eigenvalue weighted by molar-refractivity contribution is -0.159. The third-order valence-electron chi connectivity index (χ3n) is 2.22. The number of rotatable bonds is 10. The summed E-state index contributed by atoms with van der Waals surface area (Å²) in [7, 11) is 3.37. The van der Waals surface area contributed by atoms with Crippen molar-refractivity contribution >= 4 is 0 Å². The van der Waals surface area contributed by atoms with Gasteiger partial charge in [-0.15, -0.1) is 0 Å². The summed E-state index contributed by atoms with van der Waals surface area (Å²) in [6.07, 6.45) is 0.919. The topological polar surface area (TPSA) is 36.9 Å². The lowest BCUT2D eigenvalue weighted by Gasteiger charge is -2.34. The molecule has 1 unspecified atom stereocenters. The van der Waals surface area contributed by atoms with Crippen LogP contribution < -0.4 is 0 Å². The normalized spacial score (nSPS) is 15.4. The highest BCUT2D eigenvalue weighted by Gasteiger charge is 2.32. The Morgan fingerprint density at radius 3 is 2.19 bits per heavy atom. The zero-order valence-corrected chi connectivity index (χ0v) is 11.2. The van der Waals surface area contributed by atoms with Gasteiger partial charge in [0.2, 0.25) is 0 Å². The third-order valence-corrected chi connectivity index (χ3v) is 2.22. The fourth-order valence-electron chi connectivity index (χ4n) is 1.65. The molecular formula is C12H26O4. The van der Waals surface area contributed by atoms with Crippen LogP contribution in [0.5, 0.6) is 0 Å². The molecule has 0 aromatic carbocycles. The molecule has 0 bridgehead atoms. The van der Waals surface area contributed by atoms with Crippen LogP contribution in [0.3, 0.4) is 0 Å². The summed E-state index contributed by atoms with van der Waals surface area (Å²) in [5, 5.41) is 0. The van der Waals surface area contributed by atoms with E-state index in [4.69, 9.17) is 18.9 Å². The molecule has 0 radical (unpaired) electrons. The molecule has 4 nitrogen and oxygen atoms in total. The lowest BCUT2D eigenvalue weighted by Crippen LogP contribution is -2.45. The monoisotopic (exact) mass is 234 g/mol. The molecule has 16 heavy (non-hydrogen) atoms. The summed E-state index contributed by atoms with van der Waals surface area (Å²) < 4.78 is 21.8. The van der Waals surface area contributed by atoms with E-state index < -0.39 is 5.60 Å². The Labute approximate surface area is 99.2 Å². The zero-order chi connectivity index (χ0) is 12.4. The van der Waals surface area contributed by atoms with Crippen molar-refractivity contribution in [3.63, 3.8) is 0 Å². The smallest absolute Gasteiger partial charge is 0.117 e. The van der Waals surface area contributed by atoms with E-state index >= 15 is 0 Å². The number of ether oxygens (including phenoxy) is 4. The summed E-state index contributed by atoms with van der Waals surface area (Å²) in [4.78, 5) is 0. The van der Waals surface area contributed by atoms with E-state index in [1.807, 2.05) is 20.8 Å². The predicted molar refractivity (Wildman–Crippen MR) is 63.8 cm³/mol. The second kappa shape index (κ2) is 8.93. The van der Waals surface area contributed by atoms with E-state index in [0.29, 0.717) is 26.4 Å². The van der Waals surface area contributed by atoms with E-state index in [9.17, 15) is 0 Å². The molecular weight excluding hydrogens is 208 g/mol. The first-order chi connectivity index (χ1) is 7.60. The average Bonchev–Trinajstić information content (AvgIpc) is 2.23. The molecule has 0 amide bonds. The fourth-order valence-corrected chi connectivity index (χ4v) is 1.65. The zero-order valence-electron chi connectivity index (χ0n) is 11.2. The molecule has 0 spiro atoms. The highest BCUT2D eigenvalue weighted by atomic mass is 16.6. The molecule has 0 saturated carbocycles. The molecule has 98 valence electrons. The standard InChI is InChI=1S/C12H26O4/c1-6-15-10-12(9-14-5,7-8-13-4)16-11(2)3/h11H,6-10H2,1-5H3. The van der Waals surface area contributed by atoms with E-state index in [1.54, 1.807) is 14.2 Å². The van der Waals surface area contributed by atoms with Crippen LogP contribution in [0.4, 0.5) is 0 Å². The van der Waals surface area contributed by atoms with Crippen molar-refractivity contribution in [2.75, 3.05) is 40.6 Å². The molecule has 0 aromatic rings. The Morgan fingerprint density at radius 2 is 1.75 bits per heavy atom. The van der Waals surface area contributed by atoms with E-state index in [-0.39, 0.29) is 6.10 Å². The molecule has 0 aromatic heterocycles. The van der Waals surface area contributed by atoms with Gasteiger partial charge in [0.15, 0.2) is 0 Å². The molecule has 4 heteroatoms. The van der Waals surface area contributed by atoms with Gasteiger partial charge in [0.05, 0.1) is 19.3 Å². The Balaban J connectivity index is 4.45. The first-order valence-electron chi connectivity index (χ1n) is 5.83. The summed E-state index contributed by atoms with van der Waals surface area (Å²) in [5.41, 5.74) is -0.394. The van der Waals surface area contributed by atoms with Gasteiger partial charge in [0.25, 0.3) is 0 Å². The fraction of sp³-hybridized carbons (Fsp3) is 1.00. The predicted octanol–water partition coefficient (Wildman–Crippen LogP) is 1.87. The van der Waals surface area contributed by atoms with Crippen LogP contribution in [0.2, 0.25) is 0 Å². The van der Waals surface area contributed by atoms with Crippen molar-refractivity contribution in [3.05, 3.63) is 0 Å². The maximum absolute atomic E-state index is 5.95. The van der Waals surface area contributed by atoms with Crippen molar-refractivity contribution in [1.82, 2.24) is 0 Å². The van der Waals surface area contributed by atoms with E-state index in [1.165, 1.54) is 0 Å². The van der Waals surface area contributed by atoms with Gasteiger partial charge < -0.3 is 18.9 Å². The third kappa shape index (κ3) is 6.43. The molecule has 0 N–H and O–H groups in total. The van der Waals surface area contributed by atoms with Crippen molar-refractivity contribution in [1.29, 1.82) is 0 Å². The van der Waals surface area contributed by atoms with Gasteiger partial charge >= 0.3 is 0 Å². The van der Waals surface area contributed by atoms with Crippen LogP contribution >= 0.6 is 0 Å². The molecule has 0 saturated heterocycles. The minimum atomic E-state index is -0.394. The number of hydrogen-bond acceptors (Lipinski definition) is 4. The van der Waals surface area contributed by atoms with Crippen LogP contribution in [0.25, 0.3) is 0 Å². The van der Waals surface area contributed by atoms with E-state index in [0.717, 1.165) is 6.42 Å². The van der Waals surface area contributed by atoms with Crippen LogP contribution in [0.1, 0.15) is 27.2 Å². The molecule has 0 heterocycles. The molecule has 0 aliphatic carbocycles. The maximum Gasteiger partial charge on any atom is 0.117 e. The Morgan fingerprint density at radius 1 is 1.06 bits per heavy atom. The van der Waals surface area contributed by atoms with Gasteiger partial charge in [0, 0.05) is 33.9 Å². The first kappa shape index (κ1) is 15.8. The second-order valence-electron chi connectivity index (χ2n) is 4.16. The Bertz CT molecular complexity index is 151. The van der Waals surface area contributed by atoms with Gasteiger partial charge in [-0.3, -0.25) is 0 Å². The van der Waals surface area contributed by atoms with Crippen molar-refractivity contribution in [2.45, 2.75) is 38.9 Å². The minimum Gasteiger partial charge on any atom is -0.385 e. The highest BCUT2D eigenvalue weighted by molar-refractivity contribution is 4.81. The van der Waals surface area contributed by atoms with Crippen LogP contribution in [-0.4, -0.2) is 52.4 Å². The van der Waals surface area contributed by atoms with Crippen LogP contribution in [0.15, 0.2) is 0 Å². The van der Waals surface area contributed by atoms with Crippen LogP contribution in [0, 0.1) is 0 Å². The number of hydrogen-bond donors (Lipinski definition) is 0. The molecule has 0 rings (SSSR count). The minimum absolute atomic E-state index is 0.146. The Hall–Kier alpha value is -0.160. The van der Waals surface area contributed by atoms with Gasteiger partial charge in [-0.1, -0.05) is 0 Å². The average molecular weight is 234 g/mol. The highest BCUT2D eigenvalue weighted by Crippen LogP contribution is 2.20. The molecule has 0 aliphatic heterocycles. The Kier molecular flexibility index (Phi) is 8.84. The number of methoxy groups -OCH3 is 2. The first-order valence-corrected chi connectivity index (χ1v) is 5.83. The molecule has 0 aliphatic rings. The van der Waals surface area contributed by atoms with Crippen LogP contribution in [-0.2, 0) is 18.9 Å². The van der Waals surface area contributed by atoms with Gasteiger partial charge in [-0.2, -0.15) is 0 Å². The summed E-state index contributed by atoms with van der Waals surface area (Å²) >= 11 is 0. The maximum atomic E-state index is 5.95. The summed E-state index contributed by atoms with van der Waals surface area (Å²) in [5.74, 6) is 0. The van der Waals surface area contributed by atoms with Gasteiger partial charge in [0.1, 0.15) is 5.60 Å². The van der Waals surface area contributed by atoms with Crippen molar-refractivity contribution < 1.29 is 18.9 Å². The largest absolute Gasteiger partial charge is 0.385 e. The van der Waals surface area contributed by atoms with Crippen molar-refractivity contribution in [3.8, 4) is 0 Å². The van der Waals surface area contributed by atoms with Gasteiger partial charge in [-0.25, -0.2) is 0 Å². The summed E-state index contributed by atoms with van der Waals surface area (Å²) in [6, 6.07) is 0. The molecule has 1 atom stereocenters. The van der Waals surface area contributed by atoms with Crippen molar-refractivity contribution in [2.24, 2.45) is 0 Å². The SMILES string of the molecule is CCOCC(CCOC)(COC)OC(C)C. The van der Waals surface area contributed by atoms with E-state index in [2.05, 4.69) is 0 Å². The quantitative estimate of drug-likeness (QED) is 0.578.